The molecule has 1 aromatic rings. The standard InChI is InChI=1S/C16H27NO2/c1-6-8-15(12-17-16(2,3)4)19-14-10-7-9-13(11-14)18-5/h7,9-11,15,17H,6,8,12H2,1-5H3. The molecule has 108 valence electrons. The molecule has 0 saturated carbocycles. The molecule has 0 aliphatic heterocycles. The van der Waals surface area contributed by atoms with Crippen LogP contribution in [0.2, 0.25) is 0 Å². The average Bonchev–Trinajstić information content (AvgIpc) is 2.35. The van der Waals surface area contributed by atoms with Crippen molar-refractivity contribution in [2.75, 3.05) is 13.7 Å². The van der Waals surface area contributed by atoms with Crippen LogP contribution in [0.5, 0.6) is 11.5 Å². The molecule has 0 aliphatic rings. The van der Waals surface area contributed by atoms with E-state index in [-0.39, 0.29) is 11.6 Å². The largest absolute Gasteiger partial charge is 0.497 e. The van der Waals surface area contributed by atoms with Crippen molar-refractivity contribution in [3.8, 4) is 11.5 Å². The van der Waals surface area contributed by atoms with E-state index in [1.165, 1.54) is 0 Å². The fraction of sp³-hybridized carbons (Fsp3) is 0.625. The van der Waals surface area contributed by atoms with Gasteiger partial charge in [0, 0.05) is 18.2 Å². The summed E-state index contributed by atoms with van der Waals surface area (Å²) < 4.78 is 11.3. The summed E-state index contributed by atoms with van der Waals surface area (Å²) in [5.41, 5.74) is 0.115. The Morgan fingerprint density at radius 3 is 2.47 bits per heavy atom. The molecule has 0 aromatic heterocycles. The van der Waals surface area contributed by atoms with Gasteiger partial charge in [-0.05, 0) is 39.3 Å². The third kappa shape index (κ3) is 6.48. The maximum atomic E-state index is 6.05. The second-order valence-corrected chi connectivity index (χ2v) is 5.84. The zero-order chi connectivity index (χ0) is 14.3. The molecular formula is C16H27NO2. The highest BCUT2D eigenvalue weighted by Gasteiger charge is 2.15. The van der Waals surface area contributed by atoms with E-state index in [1.54, 1.807) is 7.11 Å². The molecule has 1 N–H and O–H groups in total. The van der Waals surface area contributed by atoms with Crippen LogP contribution < -0.4 is 14.8 Å². The topological polar surface area (TPSA) is 30.5 Å². The van der Waals surface area contributed by atoms with E-state index in [0.717, 1.165) is 30.9 Å². The number of nitrogens with one attached hydrogen (secondary N) is 1. The smallest absolute Gasteiger partial charge is 0.123 e. The van der Waals surface area contributed by atoms with Crippen molar-refractivity contribution in [3.05, 3.63) is 24.3 Å². The summed E-state index contributed by atoms with van der Waals surface area (Å²) in [5.74, 6) is 1.70. The summed E-state index contributed by atoms with van der Waals surface area (Å²) >= 11 is 0. The van der Waals surface area contributed by atoms with Crippen molar-refractivity contribution in [3.63, 3.8) is 0 Å². The number of ether oxygens (including phenoxy) is 2. The second kappa shape index (κ2) is 7.39. The van der Waals surface area contributed by atoms with Crippen LogP contribution in [0.3, 0.4) is 0 Å². The van der Waals surface area contributed by atoms with E-state index in [1.807, 2.05) is 24.3 Å². The predicted molar refractivity (Wildman–Crippen MR) is 80.1 cm³/mol. The third-order valence-electron chi connectivity index (χ3n) is 2.81. The molecule has 0 bridgehead atoms. The summed E-state index contributed by atoms with van der Waals surface area (Å²) in [6.45, 7) is 9.54. The summed E-state index contributed by atoms with van der Waals surface area (Å²) in [4.78, 5) is 0. The summed E-state index contributed by atoms with van der Waals surface area (Å²) in [6.07, 6.45) is 2.34. The van der Waals surface area contributed by atoms with E-state index >= 15 is 0 Å². The Kier molecular flexibility index (Phi) is 6.16. The number of rotatable bonds is 7. The van der Waals surface area contributed by atoms with Crippen LogP contribution >= 0.6 is 0 Å². The van der Waals surface area contributed by atoms with Gasteiger partial charge in [-0.25, -0.2) is 0 Å². The van der Waals surface area contributed by atoms with Crippen molar-refractivity contribution in [1.29, 1.82) is 0 Å². The lowest BCUT2D eigenvalue weighted by Gasteiger charge is -2.26. The lowest BCUT2D eigenvalue weighted by molar-refractivity contribution is 0.174. The van der Waals surface area contributed by atoms with E-state index in [4.69, 9.17) is 9.47 Å². The predicted octanol–water partition coefficient (Wildman–Crippen LogP) is 3.63. The molecular weight excluding hydrogens is 238 g/mol. The van der Waals surface area contributed by atoms with Crippen LogP contribution in [0.4, 0.5) is 0 Å². The summed E-state index contributed by atoms with van der Waals surface area (Å²) in [6, 6.07) is 7.78. The Morgan fingerprint density at radius 2 is 1.89 bits per heavy atom. The molecule has 19 heavy (non-hydrogen) atoms. The van der Waals surface area contributed by atoms with Crippen LogP contribution in [0.1, 0.15) is 40.5 Å². The van der Waals surface area contributed by atoms with E-state index in [2.05, 4.69) is 33.0 Å². The van der Waals surface area contributed by atoms with E-state index < -0.39 is 0 Å². The molecule has 0 radical (unpaired) electrons. The highest BCUT2D eigenvalue weighted by molar-refractivity contribution is 5.32. The molecule has 0 amide bonds. The number of hydrogen-bond donors (Lipinski definition) is 1. The van der Waals surface area contributed by atoms with Gasteiger partial charge in [-0.1, -0.05) is 19.4 Å². The Morgan fingerprint density at radius 1 is 1.21 bits per heavy atom. The lowest BCUT2D eigenvalue weighted by Crippen LogP contribution is -2.42. The fourth-order valence-electron chi connectivity index (χ4n) is 1.81. The molecule has 0 heterocycles. The third-order valence-corrected chi connectivity index (χ3v) is 2.81. The minimum atomic E-state index is 0.115. The van der Waals surface area contributed by atoms with Crippen molar-refractivity contribution in [2.45, 2.75) is 52.2 Å². The lowest BCUT2D eigenvalue weighted by atomic mass is 10.1. The van der Waals surface area contributed by atoms with Crippen molar-refractivity contribution >= 4 is 0 Å². The highest BCUT2D eigenvalue weighted by Crippen LogP contribution is 2.21. The Hall–Kier alpha value is -1.22. The van der Waals surface area contributed by atoms with Gasteiger partial charge in [0.15, 0.2) is 0 Å². The number of benzene rings is 1. The fourth-order valence-corrected chi connectivity index (χ4v) is 1.81. The monoisotopic (exact) mass is 265 g/mol. The minimum absolute atomic E-state index is 0.115. The van der Waals surface area contributed by atoms with Gasteiger partial charge in [0.05, 0.1) is 7.11 Å². The number of methoxy groups -OCH3 is 1. The van der Waals surface area contributed by atoms with E-state index in [0.29, 0.717) is 0 Å². The molecule has 0 fully saturated rings. The normalized spacial score (nSPS) is 13.1. The van der Waals surface area contributed by atoms with Crippen molar-refractivity contribution < 1.29 is 9.47 Å². The van der Waals surface area contributed by atoms with Gasteiger partial charge in [0.25, 0.3) is 0 Å². The van der Waals surface area contributed by atoms with Crippen molar-refractivity contribution in [1.82, 2.24) is 5.32 Å². The van der Waals surface area contributed by atoms with Crippen molar-refractivity contribution in [2.24, 2.45) is 0 Å². The Labute approximate surface area is 117 Å². The SMILES string of the molecule is CCCC(CNC(C)(C)C)Oc1cccc(OC)c1. The minimum Gasteiger partial charge on any atom is -0.497 e. The summed E-state index contributed by atoms with van der Waals surface area (Å²) in [5, 5.41) is 3.50. The first-order valence-corrected chi connectivity index (χ1v) is 7.00. The number of hydrogen-bond acceptors (Lipinski definition) is 3. The Bertz CT molecular complexity index is 371. The van der Waals surface area contributed by atoms with Gasteiger partial charge in [0.1, 0.15) is 17.6 Å². The zero-order valence-corrected chi connectivity index (χ0v) is 12.8. The first-order valence-electron chi connectivity index (χ1n) is 7.00. The van der Waals surface area contributed by atoms with Gasteiger partial charge < -0.3 is 14.8 Å². The highest BCUT2D eigenvalue weighted by atomic mass is 16.5. The van der Waals surface area contributed by atoms with Gasteiger partial charge >= 0.3 is 0 Å². The molecule has 0 aliphatic carbocycles. The molecule has 1 unspecified atom stereocenters. The molecule has 0 saturated heterocycles. The Balaban J connectivity index is 2.61. The van der Waals surface area contributed by atoms with E-state index in [9.17, 15) is 0 Å². The van der Waals surface area contributed by atoms with Crippen LogP contribution in [0.15, 0.2) is 24.3 Å². The molecule has 1 atom stereocenters. The van der Waals surface area contributed by atoms with Crippen LogP contribution in [-0.4, -0.2) is 25.3 Å². The van der Waals surface area contributed by atoms with Gasteiger partial charge in [-0.2, -0.15) is 0 Å². The quantitative estimate of drug-likeness (QED) is 0.816. The maximum Gasteiger partial charge on any atom is 0.123 e. The van der Waals surface area contributed by atoms with Crippen LogP contribution in [0, 0.1) is 0 Å². The second-order valence-electron chi connectivity index (χ2n) is 5.84. The zero-order valence-electron chi connectivity index (χ0n) is 12.8. The molecule has 3 heteroatoms. The molecule has 1 rings (SSSR count). The first kappa shape index (κ1) is 15.8. The summed E-state index contributed by atoms with van der Waals surface area (Å²) in [7, 11) is 1.67. The van der Waals surface area contributed by atoms with Gasteiger partial charge in [0.2, 0.25) is 0 Å². The van der Waals surface area contributed by atoms with Gasteiger partial charge in [-0.15, -0.1) is 0 Å². The van der Waals surface area contributed by atoms with Crippen LogP contribution in [0.25, 0.3) is 0 Å². The van der Waals surface area contributed by atoms with Crippen LogP contribution in [-0.2, 0) is 0 Å². The van der Waals surface area contributed by atoms with Gasteiger partial charge in [-0.3, -0.25) is 0 Å². The molecule has 1 aromatic carbocycles. The maximum absolute atomic E-state index is 6.05. The molecule has 3 nitrogen and oxygen atoms in total. The molecule has 0 spiro atoms. The first-order chi connectivity index (χ1) is 8.94. The average molecular weight is 265 g/mol.